The molecule has 3 aromatic carbocycles. The lowest BCUT2D eigenvalue weighted by Gasteiger charge is -2.17. The zero-order chi connectivity index (χ0) is 27.2. The summed E-state index contributed by atoms with van der Waals surface area (Å²) in [6.45, 7) is 1.54. The number of aliphatic carboxylic acids is 1. The lowest BCUT2D eigenvalue weighted by atomic mass is 9.95. The summed E-state index contributed by atoms with van der Waals surface area (Å²) in [7, 11) is -3.36. The molecule has 0 aliphatic rings. The van der Waals surface area contributed by atoms with Gasteiger partial charge in [-0.25, -0.2) is 8.42 Å². The van der Waals surface area contributed by atoms with Crippen LogP contribution in [0.5, 0.6) is 5.75 Å². The van der Waals surface area contributed by atoms with Crippen LogP contribution in [0.25, 0.3) is 11.1 Å². The van der Waals surface area contributed by atoms with Gasteiger partial charge < -0.3 is 15.2 Å². The summed E-state index contributed by atoms with van der Waals surface area (Å²) in [5.74, 6) is -1.98. The van der Waals surface area contributed by atoms with E-state index in [0.717, 1.165) is 6.07 Å². The van der Waals surface area contributed by atoms with E-state index in [9.17, 15) is 31.2 Å². The summed E-state index contributed by atoms with van der Waals surface area (Å²) >= 11 is 0. The van der Waals surface area contributed by atoms with Crippen LogP contribution in [-0.2, 0) is 32.3 Å². The van der Waals surface area contributed by atoms with Crippen LogP contribution >= 0.6 is 0 Å². The molecule has 0 saturated heterocycles. The second-order valence-electron chi connectivity index (χ2n) is 8.08. The molecule has 0 bridgehead atoms. The smallest absolute Gasteiger partial charge is 0.481 e. The molecule has 0 aliphatic carbocycles. The molecule has 7 nitrogen and oxygen atoms in total. The number of nitrogens with one attached hydrogen (secondary N) is 1. The average Bonchev–Trinajstić information content (AvgIpc) is 2.82. The number of ether oxygens (including phenoxy) is 1. The molecule has 0 radical (unpaired) electrons. The van der Waals surface area contributed by atoms with Crippen molar-refractivity contribution in [3.8, 4) is 16.9 Å². The Morgan fingerprint density at radius 1 is 0.973 bits per heavy atom. The molecule has 0 fully saturated rings. The van der Waals surface area contributed by atoms with E-state index in [1.165, 1.54) is 55.5 Å². The highest BCUT2D eigenvalue weighted by molar-refractivity contribution is 7.91. The Kier molecular flexibility index (Phi) is 8.59. The van der Waals surface area contributed by atoms with Crippen LogP contribution in [0.4, 0.5) is 18.9 Å². The third-order valence-corrected chi connectivity index (χ3v) is 7.18. The van der Waals surface area contributed by atoms with Crippen LogP contribution < -0.4 is 10.1 Å². The van der Waals surface area contributed by atoms with Crippen LogP contribution in [0.15, 0.2) is 71.6 Å². The predicted molar refractivity (Wildman–Crippen MR) is 131 cm³/mol. The second kappa shape index (κ2) is 11.5. The van der Waals surface area contributed by atoms with Gasteiger partial charge in [-0.3, -0.25) is 9.59 Å². The number of alkyl halides is 3. The topological polar surface area (TPSA) is 110 Å². The number of hydrogen-bond acceptors (Lipinski definition) is 5. The molecule has 0 heterocycles. The van der Waals surface area contributed by atoms with E-state index in [4.69, 9.17) is 5.11 Å². The lowest BCUT2D eigenvalue weighted by molar-refractivity contribution is -0.274. The van der Waals surface area contributed by atoms with Crippen LogP contribution in [-0.4, -0.2) is 37.5 Å². The lowest BCUT2D eigenvalue weighted by Crippen LogP contribution is -2.17. The molecule has 0 saturated carbocycles. The number of para-hydroxylation sites is 1. The first-order valence-corrected chi connectivity index (χ1v) is 12.8. The Balaban J connectivity index is 1.85. The van der Waals surface area contributed by atoms with Gasteiger partial charge in [0.2, 0.25) is 5.91 Å². The fourth-order valence-electron chi connectivity index (χ4n) is 3.66. The molecule has 3 aromatic rings. The van der Waals surface area contributed by atoms with Crippen LogP contribution in [0.1, 0.15) is 24.5 Å². The molecule has 11 heteroatoms. The highest BCUT2D eigenvalue weighted by Gasteiger charge is 2.32. The summed E-state index contributed by atoms with van der Waals surface area (Å²) in [4.78, 5) is 23.9. The van der Waals surface area contributed by atoms with Crippen molar-refractivity contribution in [2.45, 2.75) is 37.4 Å². The van der Waals surface area contributed by atoms with Crippen molar-refractivity contribution in [2.75, 3.05) is 11.1 Å². The van der Waals surface area contributed by atoms with Gasteiger partial charge in [0.05, 0.1) is 17.1 Å². The number of hydrogen-bond donors (Lipinski definition) is 2. The Labute approximate surface area is 211 Å². The first kappa shape index (κ1) is 27.7. The van der Waals surface area contributed by atoms with Crippen LogP contribution in [0, 0.1) is 0 Å². The number of sulfone groups is 1. The summed E-state index contributed by atoms with van der Waals surface area (Å²) < 4.78 is 66.7. The van der Waals surface area contributed by atoms with Crippen molar-refractivity contribution >= 4 is 27.4 Å². The summed E-state index contributed by atoms with van der Waals surface area (Å²) in [5, 5.41) is 11.8. The SMILES string of the molecule is CCS(=O)(=O)c1ccc(CC(=O)Nc2ccc(-c3ccccc3OC(F)(F)F)c(CCC(=O)O)c2)cc1. The molecular weight excluding hydrogens is 511 g/mol. The fourth-order valence-corrected chi connectivity index (χ4v) is 4.54. The molecule has 3 rings (SSSR count). The van der Waals surface area contributed by atoms with E-state index in [0.29, 0.717) is 22.4 Å². The monoisotopic (exact) mass is 535 g/mol. The maximum Gasteiger partial charge on any atom is 0.573 e. The average molecular weight is 536 g/mol. The predicted octanol–water partition coefficient (Wildman–Crippen LogP) is 5.24. The minimum Gasteiger partial charge on any atom is -0.481 e. The summed E-state index contributed by atoms with van der Waals surface area (Å²) in [5.41, 5.74) is 1.78. The number of carbonyl (C=O) groups excluding carboxylic acids is 1. The number of rotatable bonds is 10. The van der Waals surface area contributed by atoms with Gasteiger partial charge in [0.25, 0.3) is 0 Å². The number of halogens is 3. The van der Waals surface area contributed by atoms with Gasteiger partial charge in [-0.1, -0.05) is 43.3 Å². The molecular formula is C26H24F3NO6S. The van der Waals surface area contributed by atoms with E-state index >= 15 is 0 Å². The first-order valence-electron chi connectivity index (χ1n) is 11.2. The van der Waals surface area contributed by atoms with E-state index in [1.807, 2.05) is 0 Å². The highest BCUT2D eigenvalue weighted by Crippen LogP contribution is 2.37. The normalized spacial score (nSPS) is 11.7. The number of carboxylic acid groups (broad SMARTS) is 1. The van der Waals surface area contributed by atoms with Gasteiger partial charge in [0.15, 0.2) is 9.84 Å². The van der Waals surface area contributed by atoms with Gasteiger partial charge in [-0.05, 0) is 53.4 Å². The van der Waals surface area contributed by atoms with Gasteiger partial charge >= 0.3 is 12.3 Å². The van der Waals surface area contributed by atoms with Crippen molar-refractivity contribution in [3.63, 3.8) is 0 Å². The highest BCUT2D eigenvalue weighted by atomic mass is 32.2. The van der Waals surface area contributed by atoms with Gasteiger partial charge in [-0.15, -0.1) is 13.2 Å². The molecule has 0 spiro atoms. The second-order valence-corrected chi connectivity index (χ2v) is 10.4. The first-order chi connectivity index (χ1) is 17.4. The van der Waals surface area contributed by atoms with Crippen molar-refractivity contribution in [2.24, 2.45) is 0 Å². The zero-order valence-corrected chi connectivity index (χ0v) is 20.5. The van der Waals surface area contributed by atoms with E-state index < -0.39 is 33.8 Å². The Morgan fingerprint density at radius 2 is 1.65 bits per heavy atom. The Hall–Kier alpha value is -3.86. The molecule has 0 aliphatic heterocycles. The summed E-state index contributed by atoms with van der Waals surface area (Å²) in [6.07, 6.45) is -5.24. The molecule has 0 unspecified atom stereocenters. The quantitative estimate of drug-likeness (QED) is 0.367. The van der Waals surface area contributed by atoms with Gasteiger partial charge in [0.1, 0.15) is 5.75 Å². The van der Waals surface area contributed by atoms with Crippen molar-refractivity contribution in [1.82, 2.24) is 0 Å². The van der Waals surface area contributed by atoms with E-state index in [2.05, 4.69) is 10.1 Å². The Bertz CT molecular complexity index is 1390. The molecule has 1 amide bonds. The third-order valence-electron chi connectivity index (χ3n) is 5.43. The van der Waals surface area contributed by atoms with Gasteiger partial charge in [-0.2, -0.15) is 0 Å². The molecule has 0 aromatic heterocycles. The third kappa shape index (κ3) is 7.81. The zero-order valence-electron chi connectivity index (χ0n) is 19.7. The number of anilines is 1. The fraction of sp³-hybridized carbons (Fsp3) is 0.231. The van der Waals surface area contributed by atoms with Crippen LogP contribution in [0.2, 0.25) is 0 Å². The van der Waals surface area contributed by atoms with Crippen molar-refractivity contribution in [3.05, 3.63) is 77.9 Å². The number of benzene rings is 3. The molecule has 0 atom stereocenters. The minimum atomic E-state index is -4.91. The Morgan fingerprint density at radius 3 is 2.27 bits per heavy atom. The molecule has 2 N–H and O–H groups in total. The standard InChI is InChI=1S/C26H24F3NO6S/c1-2-37(34,35)20-11-7-17(8-12-20)15-24(31)30-19-10-13-21(18(16-19)9-14-25(32)33)22-5-3-4-6-23(22)36-26(27,28)29/h3-8,10-13,16H,2,9,14-15H2,1H3,(H,30,31)(H,32,33). The minimum absolute atomic E-state index is 0.00208. The molecule has 196 valence electrons. The van der Waals surface area contributed by atoms with Crippen molar-refractivity contribution in [1.29, 1.82) is 0 Å². The molecule has 37 heavy (non-hydrogen) atoms. The van der Waals surface area contributed by atoms with Crippen molar-refractivity contribution < 1.29 is 41.0 Å². The number of aryl methyl sites for hydroxylation is 1. The maximum absolute atomic E-state index is 12.9. The number of carboxylic acids is 1. The van der Waals surface area contributed by atoms with Gasteiger partial charge in [0, 0.05) is 17.7 Å². The number of carbonyl (C=O) groups is 2. The largest absolute Gasteiger partial charge is 0.573 e. The van der Waals surface area contributed by atoms with E-state index in [1.54, 1.807) is 12.1 Å². The van der Waals surface area contributed by atoms with Crippen LogP contribution in [0.3, 0.4) is 0 Å². The van der Waals surface area contributed by atoms with E-state index in [-0.39, 0.29) is 35.5 Å². The number of amides is 1. The summed E-state index contributed by atoms with van der Waals surface area (Å²) in [6, 6.07) is 16.0. The maximum atomic E-state index is 12.9.